The van der Waals surface area contributed by atoms with Gasteiger partial charge in [-0.15, -0.1) is 5.10 Å². The van der Waals surface area contributed by atoms with E-state index in [0.29, 0.717) is 47.1 Å². The third-order valence-corrected chi connectivity index (χ3v) is 6.51. The molecule has 178 valence electrons. The Morgan fingerprint density at radius 1 is 1.12 bits per heavy atom. The number of benzene rings is 1. The number of nitrogens with one attached hydrogen (secondary N) is 2. The molecule has 0 bridgehead atoms. The Labute approximate surface area is 197 Å². The van der Waals surface area contributed by atoms with Crippen molar-refractivity contribution >= 4 is 21.2 Å². The molecule has 0 amide bonds. The van der Waals surface area contributed by atoms with Gasteiger partial charge in [0, 0.05) is 18.8 Å². The fourth-order valence-electron chi connectivity index (χ4n) is 3.58. The molecule has 0 aliphatic rings. The summed E-state index contributed by atoms with van der Waals surface area (Å²) in [7, 11) is -3.92. The summed E-state index contributed by atoms with van der Waals surface area (Å²) in [6, 6.07) is 7.59. The van der Waals surface area contributed by atoms with Crippen LogP contribution < -0.4 is 15.0 Å². The standard InChI is InChI=1S/C23H26N6O4S/c1-4-6-20-25-15(3)21-23(30)26-22(27-29(20)21)18-14-17(7-8-19(18)33-13-5-2)34(31,32)28-16-9-11-24-12-10-16/h7-12,14H,4-6,13H2,1-3H3,(H,24,28)(H,26,27,30). The van der Waals surface area contributed by atoms with Gasteiger partial charge >= 0.3 is 0 Å². The summed E-state index contributed by atoms with van der Waals surface area (Å²) in [5.41, 5.74) is 1.34. The van der Waals surface area contributed by atoms with Crippen molar-refractivity contribution in [2.45, 2.75) is 44.9 Å². The number of aromatic amines is 1. The highest BCUT2D eigenvalue weighted by molar-refractivity contribution is 7.92. The highest BCUT2D eigenvalue weighted by Crippen LogP contribution is 2.31. The molecule has 4 rings (SSSR count). The van der Waals surface area contributed by atoms with Crippen molar-refractivity contribution in [3.8, 4) is 17.1 Å². The number of hydrogen-bond acceptors (Lipinski definition) is 7. The van der Waals surface area contributed by atoms with Crippen LogP contribution in [0.2, 0.25) is 0 Å². The summed E-state index contributed by atoms with van der Waals surface area (Å²) in [4.78, 5) is 24.1. The Hall–Kier alpha value is -3.73. The molecule has 0 aliphatic heterocycles. The number of aromatic nitrogens is 5. The number of ether oxygens (including phenoxy) is 1. The van der Waals surface area contributed by atoms with Crippen LogP contribution in [0.25, 0.3) is 16.9 Å². The maximum absolute atomic E-state index is 13.1. The van der Waals surface area contributed by atoms with Crippen LogP contribution in [0.4, 0.5) is 5.69 Å². The predicted octanol–water partition coefficient (Wildman–Crippen LogP) is 3.33. The molecule has 0 saturated heterocycles. The Kier molecular flexibility index (Phi) is 6.64. The maximum atomic E-state index is 13.1. The van der Waals surface area contributed by atoms with Gasteiger partial charge in [0.1, 0.15) is 11.6 Å². The molecular formula is C23H26N6O4S. The molecule has 3 heterocycles. The number of hydrogen-bond donors (Lipinski definition) is 2. The van der Waals surface area contributed by atoms with Crippen LogP contribution in [-0.4, -0.2) is 39.6 Å². The Bertz CT molecular complexity index is 1480. The van der Waals surface area contributed by atoms with Gasteiger partial charge in [-0.1, -0.05) is 13.8 Å². The average Bonchev–Trinajstić information content (AvgIpc) is 3.13. The number of anilines is 1. The second-order valence-electron chi connectivity index (χ2n) is 7.77. The Morgan fingerprint density at radius 2 is 1.88 bits per heavy atom. The number of aryl methyl sites for hydroxylation is 2. The Morgan fingerprint density at radius 3 is 2.59 bits per heavy atom. The van der Waals surface area contributed by atoms with Crippen molar-refractivity contribution in [2.75, 3.05) is 11.3 Å². The van der Waals surface area contributed by atoms with Gasteiger partial charge in [0.15, 0.2) is 11.3 Å². The molecule has 0 unspecified atom stereocenters. The van der Waals surface area contributed by atoms with Gasteiger partial charge in [-0.2, -0.15) is 0 Å². The first-order valence-corrected chi connectivity index (χ1v) is 12.5. The van der Waals surface area contributed by atoms with Gasteiger partial charge in [0.2, 0.25) is 0 Å². The van der Waals surface area contributed by atoms with E-state index in [1.807, 2.05) is 13.8 Å². The van der Waals surface area contributed by atoms with Crippen molar-refractivity contribution in [3.63, 3.8) is 0 Å². The zero-order valence-electron chi connectivity index (χ0n) is 19.2. The van der Waals surface area contributed by atoms with E-state index in [9.17, 15) is 13.2 Å². The van der Waals surface area contributed by atoms with Gasteiger partial charge in [-0.25, -0.2) is 17.9 Å². The molecular weight excluding hydrogens is 456 g/mol. The molecule has 10 nitrogen and oxygen atoms in total. The number of rotatable bonds is 9. The number of fused-ring (bicyclic) bond motifs is 1. The van der Waals surface area contributed by atoms with E-state index in [1.54, 1.807) is 25.1 Å². The lowest BCUT2D eigenvalue weighted by Gasteiger charge is -2.14. The molecule has 0 spiro atoms. The Balaban J connectivity index is 1.86. The summed E-state index contributed by atoms with van der Waals surface area (Å²) in [6.07, 6.45) is 5.23. The molecule has 4 aromatic rings. The van der Waals surface area contributed by atoms with Gasteiger partial charge in [-0.05, 0) is 50.1 Å². The molecule has 1 aromatic carbocycles. The normalized spacial score (nSPS) is 11.6. The first-order valence-electron chi connectivity index (χ1n) is 11.0. The van der Waals surface area contributed by atoms with Gasteiger partial charge in [-0.3, -0.25) is 14.5 Å². The van der Waals surface area contributed by atoms with Crippen LogP contribution in [0.3, 0.4) is 0 Å². The number of nitrogens with zero attached hydrogens (tertiary/aromatic N) is 4. The van der Waals surface area contributed by atoms with Crippen LogP contribution in [0.5, 0.6) is 5.75 Å². The average molecular weight is 483 g/mol. The van der Waals surface area contributed by atoms with E-state index >= 15 is 0 Å². The van der Waals surface area contributed by atoms with Crippen molar-refractivity contribution in [3.05, 3.63) is 64.6 Å². The van der Waals surface area contributed by atoms with Crippen LogP contribution in [0, 0.1) is 6.92 Å². The zero-order chi connectivity index (χ0) is 24.3. The smallest absolute Gasteiger partial charge is 0.277 e. The SMILES string of the molecule is CCCOc1ccc(S(=O)(=O)Nc2ccncc2)cc1-c1nn2c(CCC)nc(C)c2c(=O)[nH]1. The van der Waals surface area contributed by atoms with Crippen molar-refractivity contribution < 1.29 is 13.2 Å². The summed E-state index contributed by atoms with van der Waals surface area (Å²) in [5, 5.41) is 4.62. The van der Waals surface area contributed by atoms with Crippen LogP contribution >= 0.6 is 0 Å². The van der Waals surface area contributed by atoms with Crippen LogP contribution in [-0.2, 0) is 16.4 Å². The number of sulfonamides is 1. The molecule has 0 fully saturated rings. The summed E-state index contributed by atoms with van der Waals surface area (Å²) >= 11 is 0. The molecule has 11 heteroatoms. The fourth-order valence-corrected chi connectivity index (χ4v) is 4.66. The molecule has 34 heavy (non-hydrogen) atoms. The second-order valence-corrected chi connectivity index (χ2v) is 9.46. The van der Waals surface area contributed by atoms with E-state index in [4.69, 9.17) is 4.74 Å². The van der Waals surface area contributed by atoms with Gasteiger partial charge in [0.25, 0.3) is 15.6 Å². The highest BCUT2D eigenvalue weighted by atomic mass is 32.2. The maximum Gasteiger partial charge on any atom is 0.277 e. The first kappa shape index (κ1) is 23.4. The molecule has 0 atom stereocenters. The molecule has 0 saturated carbocycles. The molecule has 0 aliphatic carbocycles. The zero-order valence-corrected chi connectivity index (χ0v) is 20.0. The third-order valence-electron chi connectivity index (χ3n) is 5.13. The monoisotopic (exact) mass is 482 g/mol. The van der Waals surface area contributed by atoms with E-state index in [1.165, 1.54) is 29.0 Å². The minimum atomic E-state index is -3.92. The summed E-state index contributed by atoms with van der Waals surface area (Å²) in [6.45, 7) is 6.17. The molecule has 0 radical (unpaired) electrons. The van der Waals surface area contributed by atoms with Crippen molar-refractivity contribution in [1.29, 1.82) is 0 Å². The van der Waals surface area contributed by atoms with Crippen molar-refractivity contribution in [2.24, 2.45) is 0 Å². The quantitative estimate of drug-likeness (QED) is 0.374. The second kappa shape index (κ2) is 9.64. The minimum Gasteiger partial charge on any atom is -0.493 e. The van der Waals surface area contributed by atoms with E-state index in [-0.39, 0.29) is 16.3 Å². The lowest BCUT2D eigenvalue weighted by Crippen LogP contribution is -2.17. The van der Waals surface area contributed by atoms with E-state index in [2.05, 4.69) is 24.8 Å². The minimum absolute atomic E-state index is 0.00139. The van der Waals surface area contributed by atoms with Crippen molar-refractivity contribution in [1.82, 2.24) is 24.6 Å². The topological polar surface area (TPSA) is 131 Å². The summed E-state index contributed by atoms with van der Waals surface area (Å²) < 4.78 is 36.0. The van der Waals surface area contributed by atoms with Gasteiger partial charge in [0.05, 0.1) is 28.4 Å². The third kappa shape index (κ3) is 4.65. The first-order chi connectivity index (χ1) is 16.3. The fraction of sp³-hybridized carbons (Fsp3) is 0.304. The predicted molar refractivity (Wildman–Crippen MR) is 129 cm³/mol. The van der Waals surface area contributed by atoms with E-state index in [0.717, 1.165) is 12.8 Å². The van der Waals surface area contributed by atoms with Crippen LogP contribution in [0.15, 0.2) is 52.4 Å². The van der Waals surface area contributed by atoms with Gasteiger partial charge < -0.3 is 9.72 Å². The lowest BCUT2D eigenvalue weighted by atomic mass is 10.2. The lowest BCUT2D eigenvalue weighted by molar-refractivity contribution is 0.318. The van der Waals surface area contributed by atoms with Crippen LogP contribution in [0.1, 0.15) is 38.2 Å². The molecule has 3 aromatic heterocycles. The highest BCUT2D eigenvalue weighted by Gasteiger charge is 2.21. The summed E-state index contributed by atoms with van der Waals surface area (Å²) in [5.74, 6) is 1.28. The number of H-pyrrole nitrogens is 1. The van der Waals surface area contributed by atoms with E-state index < -0.39 is 10.0 Å². The number of imidazole rings is 1. The number of pyridine rings is 1. The largest absolute Gasteiger partial charge is 0.493 e. The molecule has 2 N–H and O–H groups in total.